The highest BCUT2D eigenvalue weighted by Gasteiger charge is 2.46. The molecule has 16 heteroatoms. The van der Waals surface area contributed by atoms with Crippen molar-refractivity contribution in [1.29, 1.82) is 0 Å². The maximum absolute atomic E-state index is 13.8. The number of rotatable bonds is 10. The molecular weight excluding hydrogens is 646 g/mol. The van der Waals surface area contributed by atoms with Crippen molar-refractivity contribution in [3.05, 3.63) is 65.6 Å². The highest BCUT2D eigenvalue weighted by molar-refractivity contribution is 6.03. The first-order valence-corrected chi connectivity index (χ1v) is 15.2. The molecule has 2 fully saturated rings. The Morgan fingerprint density at radius 1 is 0.979 bits per heavy atom. The van der Waals surface area contributed by atoms with Gasteiger partial charge in [0.05, 0.1) is 31.5 Å². The third kappa shape index (κ3) is 8.34. The molecule has 0 bridgehead atoms. The van der Waals surface area contributed by atoms with Crippen LogP contribution < -0.4 is 15.0 Å². The van der Waals surface area contributed by atoms with Crippen LogP contribution >= 0.6 is 0 Å². The summed E-state index contributed by atoms with van der Waals surface area (Å²) in [4.78, 5) is 37.8. The fraction of sp³-hybridized carbons (Fsp3) is 0.438. The molecule has 10 nitrogen and oxygen atoms in total. The van der Waals surface area contributed by atoms with Gasteiger partial charge in [0.2, 0.25) is 0 Å². The third-order valence-electron chi connectivity index (χ3n) is 8.50. The fourth-order valence-corrected chi connectivity index (χ4v) is 6.04. The van der Waals surface area contributed by atoms with Gasteiger partial charge < -0.3 is 20.1 Å². The Bertz CT molecular complexity index is 1610. The van der Waals surface area contributed by atoms with E-state index < -0.39 is 41.6 Å². The molecule has 5 rings (SSSR count). The fourth-order valence-electron chi connectivity index (χ4n) is 6.04. The molecule has 1 atom stereocenters. The number of amides is 1. The molecule has 258 valence electrons. The number of methoxy groups -OCH3 is 1. The number of hydrogen-bond donors (Lipinski definition) is 2. The maximum Gasteiger partial charge on any atom is 0.419 e. The zero-order valence-electron chi connectivity index (χ0n) is 25.9. The Balaban J connectivity index is 1.36. The van der Waals surface area contributed by atoms with E-state index in [-0.39, 0.29) is 48.4 Å². The molecule has 2 aliphatic rings. The molecule has 2 aliphatic heterocycles. The second-order valence-corrected chi connectivity index (χ2v) is 11.6. The second kappa shape index (κ2) is 14.4. The number of alkyl halides is 6. The first-order chi connectivity index (χ1) is 22.7. The molecule has 3 heterocycles. The molecule has 0 unspecified atom stereocenters. The number of carbonyl (C=O) groups excluding carboxylic acids is 1. The summed E-state index contributed by atoms with van der Waals surface area (Å²) in [6, 6.07) is 6.15. The molecule has 1 amide bonds. The Labute approximate surface area is 272 Å². The molecule has 0 spiro atoms. The van der Waals surface area contributed by atoms with Gasteiger partial charge in [-0.1, -0.05) is 12.1 Å². The van der Waals surface area contributed by atoms with Gasteiger partial charge in [0.1, 0.15) is 23.3 Å². The van der Waals surface area contributed by atoms with E-state index in [9.17, 15) is 35.9 Å². The molecule has 48 heavy (non-hydrogen) atoms. The number of aromatic nitrogens is 2. The molecule has 0 saturated carbocycles. The van der Waals surface area contributed by atoms with Crippen LogP contribution in [0.3, 0.4) is 0 Å². The summed E-state index contributed by atoms with van der Waals surface area (Å²) >= 11 is 0. The summed E-state index contributed by atoms with van der Waals surface area (Å²) in [5, 5.41) is 11.6. The van der Waals surface area contributed by atoms with E-state index in [1.54, 1.807) is 0 Å². The summed E-state index contributed by atoms with van der Waals surface area (Å²) in [6.45, 7) is 2.87. The predicted octanol–water partition coefficient (Wildman–Crippen LogP) is 5.55. The Morgan fingerprint density at radius 3 is 2.35 bits per heavy atom. The van der Waals surface area contributed by atoms with Gasteiger partial charge in [-0.15, -0.1) is 0 Å². The van der Waals surface area contributed by atoms with Gasteiger partial charge in [0, 0.05) is 45.0 Å². The van der Waals surface area contributed by atoms with Crippen molar-refractivity contribution in [3.63, 3.8) is 0 Å². The number of ether oxygens (including phenoxy) is 1. The summed E-state index contributed by atoms with van der Waals surface area (Å²) in [6.07, 6.45) is -6.20. The zero-order chi connectivity index (χ0) is 34.6. The highest BCUT2D eigenvalue weighted by atomic mass is 19.4. The molecule has 2 saturated heterocycles. The van der Waals surface area contributed by atoms with E-state index in [2.05, 4.69) is 15.3 Å². The number of likely N-dealkylation sites (tertiary alicyclic amines) is 1. The number of piperazine rings is 1. The molecular formula is C32H34F6N6O4. The minimum atomic E-state index is -4.74. The van der Waals surface area contributed by atoms with Gasteiger partial charge in [-0.25, -0.2) is 9.97 Å². The van der Waals surface area contributed by atoms with Crippen LogP contribution in [0.2, 0.25) is 0 Å². The molecule has 2 N–H and O–H groups in total. The van der Waals surface area contributed by atoms with Gasteiger partial charge in [0.25, 0.3) is 5.91 Å². The quantitative estimate of drug-likeness (QED) is 0.267. The lowest BCUT2D eigenvalue weighted by atomic mass is 9.96. The lowest BCUT2D eigenvalue weighted by Crippen LogP contribution is -2.47. The average molecular weight is 681 g/mol. The van der Waals surface area contributed by atoms with Crippen molar-refractivity contribution < 1.29 is 45.8 Å². The number of carboxylic acid groups (broad SMARTS) is 1. The average Bonchev–Trinajstić information content (AvgIpc) is 3.53. The largest absolute Gasteiger partial charge is 0.496 e. The van der Waals surface area contributed by atoms with Gasteiger partial charge in [-0.2, -0.15) is 26.3 Å². The number of nitrogens with zero attached hydrogens (tertiary/aromatic N) is 5. The predicted molar refractivity (Wildman–Crippen MR) is 164 cm³/mol. The van der Waals surface area contributed by atoms with E-state index in [1.807, 2.05) is 9.80 Å². The van der Waals surface area contributed by atoms with Crippen LogP contribution in [0.4, 0.5) is 37.8 Å². The number of aliphatic carboxylic acids is 1. The van der Waals surface area contributed by atoms with Crippen LogP contribution in [-0.2, 0) is 17.5 Å². The number of anilines is 2. The number of benzene rings is 2. The number of halogens is 6. The topological polar surface area (TPSA) is 111 Å². The number of nitrogens with one attached hydrogen (secondary N) is 1. The normalized spacial score (nSPS) is 17.8. The van der Waals surface area contributed by atoms with Crippen molar-refractivity contribution in [2.75, 3.05) is 56.6 Å². The summed E-state index contributed by atoms with van der Waals surface area (Å²) in [7, 11) is 1.11. The van der Waals surface area contributed by atoms with Crippen LogP contribution in [0.25, 0.3) is 11.1 Å². The summed E-state index contributed by atoms with van der Waals surface area (Å²) < 4.78 is 87.7. The van der Waals surface area contributed by atoms with Gasteiger partial charge in [-0.05, 0) is 60.3 Å². The monoisotopic (exact) mass is 680 g/mol. The smallest absolute Gasteiger partial charge is 0.419 e. The molecule has 1 aromatic heterocycles. The van der Waals surface area contributed by atoms with Crippen LogP contribution in [-0.4, -0.2) is 95.3 Å². The van der Waals surface area contributed by atoms with Gasteiger partial charge >= 0.3 is 18.3 Å². The third-order valence-corrected chi connectivity index (χ3v) is 8.50. The summed E-state index contributed by atoms with van der Waals surface area (Å²) in [5.74, 6) is -1.34. The Morgan fingerprint density at radius 2 is 1.73 bits per heavy atom. The lowest BCUT2D eigenvalue weighted by Gasteiger charge is -2.34. The first kappa shape index (κ1) is 34.9. The molecule has 3 aromatic rings. The molecule has 0 aliphatic carbocycles. The van der Waals surface area contributed by atoms with Crippen molar-refractivity contribution in [3.8, 4) is 16.9 Å². The minimum Gasteiger partial charge on any atom is -0.496 e. The minimum absolute atomic E-state index is 0.0221. The number of carboxylic acids is 1. The van der Waals surface area contributed by atoms with E-state index in [1.165, 1.54) is 41.6 Å². The second-order valence-electron chi connectivity index (χ2n) is 11.6. The van der Waals surface area contributed by atoms with Crippen molar-refractivity contribution in [2.24, 2.45) is 0 Å². The molecule has 2 aromatic carbocycles. The van der Waals surface area contributed by atoms with E-state index in [0.717, 1.165) is 19.2 Å². The van der Waals surface area contributed by atoms with E-state index in [0.29, 0.717) is 50.5 Å². The lowest BCUT2D eigenvalue weighted by molar-refractivity contribution is -0.177. The van der Waals surface area contributed by atoms with Gasteiger partial charge in [0.15, 0.2) is 0 Å². The van der Waals surface area contributed by atoms with Crippen LogP contribution in [0, 0.1) is 0 Å². The standard InChI is InChI=1S/C32H34F6N6O4/c1-48-26-7-4-20(16-24(26)31(33,34)35)23-6-5-22(15-21(23)19-44-9-2-3-27(44)32(36,37)38)41-30(47)25-17-40-28(18-39-25)43-13-11-42(12-14-43)10-8-29(45)46/h4-7,15-18,27H,2-3,8-14,19H2,1H3,(H,41,47)(H,45,46)/t27-/m0/s1. The maximum atomic E-state index is 13.8. The molecule has 0 radical (unpaired) electrons. The van der Waals surface area contributed by atoms with Crippen molar-refractivity contribution in [1.82, 2.24) is 19.8 Å². The first-order valence-electron chi connectivity index (χ1n) is 15.2. The number of carbonyl (C=O) groups is 2. The van der Waals surface area contributed by atoms with Gasteiger partial charge in [-0.3, -0.25) is 19.4 Å². The summed E-state index contributed by atoms with van der Waals surface area (Å²) in [5.41, 5.74) is -0.127. The Hall–Kier alpha value is -4.44. The highest BCUT2D eigenvalue weighted by Crippen LogP contribution is 2.41. The van der Waals surface area contributed by atoms with Crippen LogP contribution in [0.15, 0.2) is 48.8 Å². The zero-order valence-corrected chi connectivity index (χ0v) is 25.9. The van der Waals surface area contributed by atoms with E-state index in [4.69, 9.17) is 9.84 Å². The van der Waals surface area contributed by atoms with Crippen LogP contribution in [0.1, 0.15) is 40.9 Å². The SMILES string of the molecule is COc1ccc(-c2ccc(NC(=O)c3cnc(N4CCN(CCC(=O)O)CC4)cn3)cc2CN2CCC[C@H]2C(F)(F)F)cc1C(F)(F)F. The number of hydrogen-bond acceptors (Lipinski definition) is 8. The van der Waals surface area contributed by atoms with Crippen LogP contribution in [0.5, 0.6) is 5.75 Å². The Kier molecular flexibility index (Phi) is 10.4. The van der Waals surface area contributed by atoms with Crippen molar-refractivity contribution in [2.45, 2.75) is 44.2 Å². The van der Waals surface area contributed by atoms with Crippen molar-refractivity contribution >= 4 is 23.4 Å². The van der Waals surface area contributed by atoms with E-state index >= 15 is 0 Å².